The Labute approximate surface area is 128 Å². The van der Waals surface area contributed by atoms with Crippen molar-refractivity contribution in [3.8, 4) is 17.1 Å². The number of amides is 1. The quantitative estimate of drug-likeness (QED) is 0.786. The Morgan fingerprint density at radius 1 is 1.33 bits per heavy atom. The Bertz CT molecular complexity index is 640. The summed E-state index contributed by atoms with van der Waals surface area (Å²) < 4.78 is 7.21. The van der Waals surface area contributed by atoms with Crippen molar-refractivity contribution in [3.63, 3.8) is 0 Å². The first-order chi connectivity index (χ1) is 10.0. The van der Waals surface area contributed by atoms with Gasteiger partial charge in [0.05, 0.1) is 18.4 Å². The average molecular weight is 306 g/mol. The number of benzene rings is 1. The lowest BCUT2D eigenvalue weighted by atomic mass is 10.2. The summed E-state index contributed by atoms with van der Waals surface area (Å²) in [6.07, 6.45) is 0. The van der Waals surface area contributed by atoms with E-state index in [4.69, 9.17) is 4.74 Å². The molecule has 0 atom stereocenters. The summed E-state index contributed by atoms with van der Waals surface area (Å²) >= 11 is 1.37. The van der Waals surface area contributed by atoms with Gasteiger partial charge in [-0.2, -0.15) is 0 Å². The zero-order valence-electron chi connectivity index (χ0n) is 12.5. The fourth-order valence-electron chi connectivity index (χ4n) is 1.76. The van der Waals surface area contributed by atoms with E-state index >= 15 is 0 Å². The van der Waals surface area contributed by atoms with Gasteiger partial charge in [-0.3, -0.25) is 4.79 Å². The topological polar surface area (TPSA) is 60.3 Å². The molecule has 6 nitrogen and oxygen atoms in total. The summed E-state index contributed by atoms with van der Waals surface area (Å²) in [6, 6.07) is 7.65. The van der Waals surface area contributed by atoms with E-state index in [1.807, 2.05) is 35.9 Å². The number of rotatable bonds is 5. The molecule has 0 saturated heterocycles. The molecule has 0 spiro atoms. The van der Waals surface area contributed by atoms with Crippen LogP contribution >= 0.6 is 11.8 Å². The largest absolute Gasteiger partial charge is 0.496 e. The van der Waals surface area contributed by atoms with E-state index in [1.165, 1.54) is 11.8 Å². The van der Waals surface area contributed by atoms with E-state index in [2.05, 4.69) is 10.2 Å². The summed E-state index contributed by atoms with van der Waals surface area (Å²) in [4.78, 5) is 13.2. The minimum atomic E-state index is 0.0434. The number of hydrogen-bond donors (Lipinski definition) is 0. The molecule has 0 aliphatic heterocycles. The third-order valence-electron chi connectivity index (χ3n) is 3.01. The van der Waals surface area contributed by atoms with Gasteiger partial charge in [0.2, 0.25) is 5.91 Å². The Kier molecular flexibility index (Phi) is 4.85. The van der Waals surface area contributed by atoms with Crippen molar-refractivity contribution in [2.45, 2.75) is 5.16 Å². The van der Waals surface area contributed by atoms with E-state index in [0.717, 1.165) is 11.3 Å². The van der Waals surface area contributed by atoms with Crippen molar-refractivity contribution in [1.82, 2.24) is 19.7 Å². The first kappa shape index (κ1) is 15.4. The average Bonchev–Trinajstić information content (AvgIpc) is 2.85. The molecular weight excluding hydrogens is 288 g/mol. The van der Waals surface area contributed by atoms with Crippen molar-refractivity contribution in [2.24, 2.45) is 7.05 Å². The van der Waals surface area contributed by atoms with E-state index in [-0.39, 0.29) is 5.91 Å². The van der Waals surface area contributed by atoms with Crippen LogP contribution in [-0.4, -0.2) is 52.5 Å². The smallest absolute Gasteiger partial charge is 0.232 e. The Balaban J connectivity index is 2.23. The molecule has 2 rings (SSSR count). The molecule has 0 aliphatic rings. The molecule has 1 aromatic carbocycles. The second-order valence-electron chi connectivity index (χ2n) is 4.64. The molecule has 0 bridgehead atoms. The number of methoxy groups -OCH3 is 1. The van der Waals surface area contributed by atoms with Gasteiger partial charge in [0, 0.05) is 21.1 Å². The van der Waals surface area contributed by atoms with Crippen molar-refractivity contribution in [3.05, 3.63) is 24.3 Å². The van der Waals surface area contributed by atoms with Gasteiger partial charge in [0.15, 0.2) is 11.0 Å². The maximum Gasteiger partial charge on any atom is 0.232 e. The monoisotopic (exact) mass is 306 g/mol. The highest BCUT2D eigenvalue weighted by Crippen LogP contribution is 2.29. The van der Waals surface area contributed by atoms with Gasteiger partial charge in [0.1, 0.15) is 5.75 Å². The Hall–Kier alpha value is -2.02. The number of carbonyl (C=O) groups excluding carboxylic acids is 1. The second-order valence-corrected chi connectivity index (χ2v) is 5.58. The molecular formula is C14H18N4O2S. The van der Waals surface area contributed by atoms with Crippen LogP contribution in [0.3, 0.4) is 0 Å². The van der Waals surface area contributed by atoms with Gasteiger partial charge < -0.3 is 14.2 Å². The Morgan fingerprint density at radius 2 is 2.05 bits per heavy atom. The van der Waals surface area contributed by atoms with Crippen molar-refractivity contribution in [1.29, 1.82) is 0 Å². The lowest BCUT2D eigenvalue weighted by Gasteiger charge is -2.10. The molecule has 21 heavy (non-hydrogen) atoms. The van der Waals surface area contributed by atoms with Crippen LogP contribution < -0.4 is 4.74 Å². The highest BCUT2D eigenvalue weighted by molar-refractivity contribution is 7.99. The Morgan fingerprint density at radius 3 is 2.71 bits per heavy atom. The normalized spacial score (nSPS) is 10.5. The first-order valence-electron chi connectivity index (χ1n) is 6.40. The molecule has 0 N–H and O–H groups in total. The maximum absolute atomic E-state index is 11.6. The summed E-state index contributed by atoms with van der Waals surface area (Å²) in [5.74, 6) is 1.84. The van der Waals surface area contributed by atoms with Crippen LogP contribution in [0.5, 0.6) is 5.75 Å². The third kappa shape index (κ3) is 3.36. The molecule has 0 saturated carbocycles. The van der Waals surface area contributed by atoms with Crippen LogP contribution in [-0.2, 0) is 11.8 Å². The molecule has 0 aliphatic carbocycles. The summed E-state index contributed by atoms with van der Waals surface area (Å²) in [5.41, 5.74) is 0.876. The fourth-order valence-corrected chi connectivity index (χ4v) is 2.65. The minimum absolute atomic E-state index is 0.0434. The predicted molar refractivity (Wildman–Crippen MR) is 82.4 cm³/mol. The zero-order valence-corrected chi connectivity index (χ0v) is 13.3. The zero-order chi connectivity index (χ0) is 15.4. The predicted octanol–water partition coefficient (Wildman–Crippen LogP) is 1.67. The molecule has 1 heterocycles. The van der Waals surface area contributed by atoms with E-state index in [1.54, 1.807) is 26.1 Å². The number of aromatic nitrogens is 3. The van der Waals surface area contributed by atoms with E-state index in [0.29, 0.717) is 16.7 Å². The second kappa shape index (κ2) is 6.62. The lowest BCUT2D eigenvalue weighted by molar-refractivity contribution is -0.125. The van der Waals surface area contributed by atoms with Crippen LogP contribution in [0.25, 0.3) is 11.4 Å². The fraction of sp³-hybridized carbons (Fsp3) is 0.357. The molecule has 0 fully saturated rings. The standard InChI is InChI=1S/C14H18N4O2S/c1-17(2)12(19)9-21-14-16-15-13(18(14)3)10-7-5-6-8-11(10)20-4/h5-8H,9H2,1-4H3. The van der Waals surface area contributed by atoms with E-state index < -0.39 is 0 Å². The van der Waals surface area contributed by atoms with Gasteiger partial charge in [0.25, 0.3) is 0 Å². The summed E-state index contributed by atoms with van der Waals surface area (Å²) in [5, 5.41) is 9.05. The summed E-state index contributed by atoms with van der Waals surface area (Å²) in [6.45, 7) is 0. The van der Waals surface area contributed by atoms with Gasteiger partial charge in [-0.15, -0.1) is 10.2 Å². The number of carbonyl (C=O) groups is 1. The van der Waals surface area contributed by atoms with Gasteiger partial charge in [-0.05, 0) is 12.1 Å². The number of hydrogen-bond acceptors (Lipinski definition) is 5. The molecule has 1 aromatic heterocycles. The molecule has 0 radical (unpaired) electrons. The van der Waals surface area contributed by atoms with Crippen LogP contribution in [0.4, 0.5) is 0 Å². The van der Waals surface area contributed by atoms with Crippen molar-refractivity contribution < 1.29 is 9.53 Å². The molecule has 112 valence electrons. The van der Waals surface area contributed by atoms with Crippen LogP contribution in [0.15, 0.2) is 29.4 Å². The van der Waals surface area contributed by atoms with Crippen molar-refractivity contribution in [2.75, 3.05) is 27.0 Å². The van der Waals surface area contributed by atoms with Gasteiger partial charge in [-0.1, -0.05) is 23.9 Å². The number of para-hydroxylation sites is 1. The highest BCUT2D eigenvalue weighted by Gasteiger charge is 2.16. The van der Waals surface area contributed by atoms with Crippen LogP contribution in [0, 0.1) is 0 Å². The molecule has 7 heteroatoms. The van der Waals surface area contributed by atoms with Crippen LogP contribution in [0.2, 0.25) is 0 Å². The summed E-state index contributed by atoms with van der Waals surface area (Å²) in [7, 11) is 6.98. The minimum Gasteiger partial charge on any atom is -0.496 e. The number of nitrogens with zero attached hydrogens (tertiary/aromatic N) is 4. The maximum atomic E-state index is 11.6. The molecule has 1 amide bonds. The van der Waals surface area contributed by atoms with E-state index in [9.17, 15) is 4.79 Å². The lowest BCUT2D eigenvalue weighted by Crippen LogP contribution is -2.23. The SMILES string of the molecule is COc1ccccc1-c1nnc(SCC(=O)N(C)C)n1C. The van der Waals surface area contributed by atoms with Gasteiger partial charge in [-0.25, -0.2) is 0 Å². The highest BCUT2D eigenvalue weighted by atomic mass is 32.2. The molecule has 2 aromatic rings. The molecule has 0 unspecified atom stereocenters. The number of ether oxygens (including phenoxy) is 1. The first-order valence-corrected chi connectivity index (χ1v) is 7.39. The van der Waals surface area contributed by atoms with Gasteiger partial charge >= 0.3 is 0 Å². The number of thioether (sulfide) groups is 1. The van der Waals surface area contributed by atoms with Crippen LogP contribution in [0.1, 0.15) is 0 Å². The van der Waals surface area contributed by atoms with Crippen molar-refractivity contribution >= 4 is 17.7 Å². The third-order valence-corrected chi connectivity index (χ3v) is 4.01.